The third-order valence-electron chi connectivity index (χ3n) is 2.70. The van der Waals surface area contributed by atoms with E-state index in [0.717, 1.165) is 31.2 Å². The SMILES string of the molecule is Cc1nccc(CNC2CCCNC2)n1. The second-order valence-corrected chi connectivity index (χ2v) is 4.02. The highest BCUT2D eigenvalue weighted by molar-refractivity contribution is 5.01. The van der Waals surface area contributed by atoms with E-state index in [0.29, 0.717) is 6.04 Å². The molecule has 0 amide bonds. The summed E-state index contributed by atoms with van der Waals surface area (Å²) in [7, 11) is 0. The van der Waals surface area contributed by atoms with Crippen LogP contribution in [0.3, 0.4) is 0 Å². The first-order valence-corrected chi connectivity index (χ1v) is 5.57. The van der Waals surface area contributed by atoms with Gasteiger partial charge in [-0.3, -0.25) is 0 Å². The van der Waals surface area contributed by atoms with Crippen LogP contribution in [0.2, 0.25) is 0 Å². The molecule has 1 fully saturated rings. The number of nitrogens with one attached hydrogen (secondary N) is 2. The molecule has 1 atom stereocenters. The van der Waals surface area contributed by atoms with Gasteiger partial charge in [-0.05, 0) is 32.4 Å². The summed E-state index contributed by atoms with van der Waals surface area (Å²) >= 11 is 0. The first kappa shape index (κ1) is 10.5. The van der Waals surface area contributed by atoms with Crippen molar-refractivity contribution in [3.63, 3.8) is 0 Å². The van der Waals surface area contributed by atoms with E-state index < -0.39 is 0 Å². The molecule has 2 rings (SSSR count). The van der Waals surface area contributed by atoms with Crippen LogP contribution in [0, 0.1) is 6.92 Å². The molecule has 0 aliphatic carbocycles. The summed E-state index contributed by atoms with van der Waals surface area (Å²) in [5.41, 5.74) is 1.08. The quantitative estimate of drug-likeness (QED) is 0.761. The third-order valence-corrected chi connectivity index (χ3v) is 2.70. The molecule has 4 nitrogen and oxygen atoms in total. The van der Waals surface area contributed by atoms with Crippen LogP contribution < -0.4 is 10.6 Å². The molecule has 1 saturated heterocycles. The number of hydrogen-bond acceptors (Lipinski definition) is 4. The van der Waals surface area contributed by atoms with Crippen LogP contribution >= 0.6 is 0 Å². The Bertz CT molecular complexity index is 307. The second-order valence-electron chi connectivity index (χ2n) is 4.02. The molecule has 1 aromatic rings. The Morgan fingerprint density at radius 3 is 3.27 bits per heavy atom. The number of piperidine rings is 1. The molecule has 1 aliphatic heterocycles. The fourth-order valence-electron chi connectivity index (χ4n) is 1.88. The first-order chi connectivity index (χ1) is 7.34. The Balaban J connectivity index is 1.81. The van der Waals surface area contributed by atoms with E-state index in [4.69, 9.17) is 0 Å². The largest absolute Gasteiger partial charge is 0.315 e. The zero-order valence-corrected chi connectivity index (χ0v) is 9.16. The minimum atomic E-state index is 0.592. The number of hydrogen-bond donors (Lipinski definition) is 2. The van der Waals surface area contributed by atoms with Gasteiger partial charge >= 0.3 is 0 Å². The van der Waals surface area contributed by atoms with Crippen molar-refractivity contribution in [2.75, 3.05) is 13.1 Å². The molecule has 0 bridgehead atoms. The van der Waals surface area contributed by atoms with E-state index in [1.807, 2.05) is 19.2 Å². The van der Waals surface area contributed by atoms with Crippen LogP contribution in [-0.4, -0.2) is 29.1 Å². The lowest BCUT2D eigenvalue weighted by Gasteiger charge is -2.23. The van der Waals surface area contributed by atoms with Gasteiger partial charge in [-0.2, -0.15) is 0 Å². The molecule has 1 aromatic heterocycles. The summed E-state index contributed by atoms with van der Waals surface area (Å²) in [6.07, 6.45) is 4.34. The number of aromatic nitrogens is 2. The van der Waals surface area contributed by atoms with Crippen molar-refractivity contribution in [3.8, 4) is 0 Å². The van der Waals surface area contributed by atoms with Gasteiger partial charge in [0.05, 0.1) is 5.69 Å². The Labute approximate surface area is 90.5 Å². The van der Waals surface area contributed by atoms with Crippen molar-refractivity contribution in [2.24, 2.45) is 0 Å². The molecule has 15 heavy (non-hydrogen) atoms. The molecular formula is C11H18N4. The van der Waals surface area contributed by atoms with Gasteiger partial charge in [0.25, 0.3) is 0 Å². The van der Waals surface area contributed by atoms with Crippen molar-refractivity contribution < 1.29 is 0 Å². The third kappa shape index (κ3) is 3.25. The Morgan fingerprint density at radius 1 is 1.60 bits per heavy atom. The minimum Gasteiger partial charge on any atom is -0.315 e. The zero-order chi connectivity index (χ0) is 10.5. The van der Waals surface area contributed by atoms with E-state index in [-0.39, 0.29) is 0 Å². The van der Waals surface area contributed by atoms with Crippen LogP contribution in [0.4, 0.5) is 0 Å². The van der Waals surface area contributed by atoms with Crippen molar-refractivity contribution in [3.05, 3.63) is 23.8 Å². The normalized spacial score (nSPS) is 21.5. The predicted octanol–water partition coefficient (Wildman–Crippen LogP) is 0.627. The lowest BCUT2D eigenvalue weighted by atomic mass is 10.1. The van der Waals surface area contributed by atoms with Crippen LogP contribution in [0.25, 0.3) is 0 Å². The minimum absolute atomic E-state index is 0.592. The molecule has 4 heteroatoms. The molecule has 1 aliphatic rings. The fraction of sp³-hybridized carbons (Fsp3) is 0.636. The topological polar surface area (TPSA) is 49.8 Å². The monoisotopic (exact) mass is 206 g/mol. The second kappa shape index (κ2) is 5.19. The number of rotatable bonds is 3. The van der Waals surface area contributed by atoms with Gasteiger partial charge in [-0.25, -0.2) is 9.97 Å². The van der Waals surface area contributed by atoms with Crippen LogP contribution in [-0.2, 0) is 6.54 Å². The maximum absolute atomic E-state index is 4.36. The summed E-state index contributed by atoms with van der Waals surface area (Å²) in [6, 6.07) is 2.56. The first-order valence-electron chi connectivity index (χ1n) is 5.57. The Morgan fingerprint density at radius 2 is 2.53 bits per heavy atom. The van der Waals surface area contributed by atoms with Crippen molar-refractivity contribution in [1.82, 2.24) is 20.6 Å². The van der Waals surface area contributed by atoms with Crippen molar-refractivity contribution in [1.29, 1.82) is 0 Å². The van der Waals surface area contributed by atoms with Crippen molar-refractivity contribution in [2.45, 2.75) is 32.4 Å². The van der Waals surface area contributed by atoms with Gasteiger partial charge in [0, 0.05) is 25.3 Å². The van der Waals surface area contributed by atoms with Crippen molar-refractivity contribution >= 4 is 0 Å². The maximum Gasteiger partial charge on any atom is 0.125 e. The Kier molecular flexibility index (Phi) is 3.64. The average molecular weight is 206 g/mol. The zero-order valence-electron chi connectivity index (χ0n) is 9.16. The molecule has 0 spiro atoms. The molecule has 2 heterocycles. The van der Waals surface area contributed by atoms with Gasteiger partial charge < -0.3 is 10.6 Å². The van der Waals surface area contributed by atoms with Crippen LogP contribution in [0.15, 0.2) is 12.3 Å². The van der Waals surface area contributed by atoms with E-state index in [1.54, 1.807) is 0 Å². The standard InChI is InChI=1S/C11H18N4/c1-9-13-6-4-11(15-9)8-14-10-3-2-5-12-7-10/h4,6,10,12,14H,2-3,5,7-8H2,1H3. The van der Waals surface area contributed by atoms with E-state index in [2.05, 4.69) is 20.6 Å². The van der Waals surface area contributed by atoms with E-state index in [9.17, 15) is 0 Å². The van der Waals surface area contributed by atoms with Gasteiger partial charge in [0.1, 0.15) is 5.82 Å². The maximum atomic E-state index is 4.36. The molecule has 2 N–H and O–H groups in total. The van der Waals surface area contributed by atoms with Crippen LogP contribution in [0.5, 0.6) is 0 Å². The highest BCUT2D eigenvalue weighted by atomic mass is 15.0. The number of nitrogens with zero attached hydrogens (tertiary/aromatic N) is 2. The highest BCUT2D eigenvalue weighted by Gasteiger charge is 2.11. The molecular weight excluding hydrogens is 188 g/mol. The summed E-state index contributed by atoms with van der Waals surface area (Å²) < 4.78 is 0. The van der Waals surface area contributed by atoms with Crippen LogP contribution in [0.1, 0.15) is 24.4 Å². The highest BCUT2D eigenvalue weighted by Crippen LogP contribution is 2.02. The smallest absolute Gasteiger partial charge is 0.125 e. The van der Waals surface area contributed by atoms with Gasteiger partial charge in [0.2, 0.25) is 0 Å². The summed E-state index contributed by atoms with van der Waals surface area (Å²) in [6.45, 7) is 5.00. The van der Waals surface area contributed by atoms with E-state index >= 15 is 0 Å². The summed E-state index contributed by atoms with van der Waals surface area (Å²) in [5, 5.41) is 6.90. The van der Waals surface area contributed by atoms with Gasteiger partial charge in [-0.1, -0.05) is 0 Å². The molecule has 1 unspecified atom stereocenters. The molecule has 0 saturated carbocycles. The predicted molar refractivity (Wildman–Crippen MR) is 59.5 cm³/mol. The lowest BCUT2D eigenvalue weighted by Crippen LogP contribution is -2.42. The molecule has 0 radical (unpaired) electrons. The average Bonchev–Trinajstić information content (AvgIpc) is 2.28. The number of aryl methyl sites for hydroxylation is 1. The molecule has 82 valence electrons. The van der Waals surface area contributed by atoms with E-state index in [1.165, 1.54) is 12.8 Å². The summed E-state index contributed by atoms with van der Waals surface area (Å²) in [4.78, 5) is 8.45. The Hall–Kier alpha value is -1.00. The summed E-state index contributed by atoms with van der Waals surface area (Å²) in [5.74, 6) is 0.844. The molecule has 0 aromatic carbocycles. The van der Waals surface area contributed by atoms with Gasteiger partial charge in [0.15, 0.2) is 0 Å². The van der Waals surface area contributed by atoms with Gasteiger partial charge in [-0.15, -0.1) is 0 Å². The fourth-order valence-corrected chi connectivity index (χ4v) is 1.88. The lowest BCUT2D eigenvalue weighted by molar-refractivity contribution is 0.387.